The molecule has 0 aromatic rings. The Labute approximate surface area is 132 Å². The highest BCUT2D eigenvalue weighted by molar-refractivity contribution is 5.85. The van der Waals surface area contributed by atoms with Gasteiger partial charge in [0, 0.05) is 25.7 Å². The van der Waals surface area contributed by atoms with Crippen LogP contribution in [-0.4, -0.2) is 66.2 Å². The van der Waals surface area contributed by atoms with Crippen LogP contribution in [0.4, 0.5) is 4.79 Å². The predicted octanol–water partition coefficient (Wildman–Crippen LogP) is 1.24. The molecule has 2 saturated heterocycles. The van der Waals surface area contributed by atoms with Gasteiger partial charge in [-0.1, -0.05) is 0 Å². The van der Waals surface area contributed by atoms with Gasteiger partial charge >= 0.3 is 6.09 Å². The van der Waals surface area contributed by atoms with Gasteiger partial charge in [0.1, 0.15) is 12.1 Å². The van der Waals surface area contributed by atoms with E-state index in [4.69, 9.17) is 4.74 Å². The number of carbonyl (C=O) groups excluding carboxylic acids is 2. The highest BCUT2D eigenvalue weighted by Gasteiger charge is 2.33. The summed E-state index contributed by atoms with van der Waals surface area (Å²) in [4.78, 5) is 27.6. The van der Waals surface area contributed by atoms with Crippen LogP contribution in [0.1, 0.15) is 33.6 Å². The van der Waals surface area contributed by atoms with E-state index in [1.165, 1.54) is 4.90 Å². The van der Waals surface area contributed by atoms with Crippen molar-refractivity contribution in [1.29, 1.82) is 0 Å². The predicted molar refractivity (Wildman–Crippen MR) is 82.7 cm³/mol. The molecule has 122 valence electrons. The van der Waals surface area contributed by atoms with E-state index in [9.17, 15) is 9.59 Å². The molecule has 1 N–H and O–H groups in total. The second kappa shape index (κ2) is 7.31. The van der Waals surface area contributed by atoms with E-state index in [1.54, 1.807) is 0 Å². The molecule has 2 rings (SSSR count). The summed E-state index contributed by atoms with van der Waals surface area (Å²) in [5.74, 6) is 0.0239. The monoisotopic (exact) mass is 319 g/mol. The molecule has 2 fully saturated rings. The Morgan fingerprint density at radius 3 is 2.57 bits per heavy atom. The summed E-state index contributed by atoms with van der Waals surface area (Å²) in [7, 11) is 0. The molecular formula is C14H26ClN3O3. The molecule has 0 aromatic carbocycles. The van der Waals surface area contributed by atoms with Gasteiger partial charge < -0.3 is 15.0 Å². The van der Waals surface area contributed by atoms with Crippen LogP contribution in [0.5, 0.6) is 0 Å². The van der Waals surface area contributed by atoms with Crippen molar-refractivity contribution >= 4 is 24.4 Å². The number of nitrogens with zero attached hydrogens (tertiary/aromatic N) is 2. The summed E-state index contributed by atoms with van der Waals surface area (Å²) in [5, 5.41) is 3.32. The lowest BCUT2D eigenvalue weighted by atomic mass is 10.0. The number of halogens is 1. The normalized spacial score (nSPS) is 23.6. The molecule has 0 bridgehead atoms. The number of ether oxygens (including phenoxy) is 1. The topological polar surface area (TPSA) is 61.9 Å². The third-order valence-electron chi connectivity index (χ3n) is 3.62. The lowest BCUT2D eigenvalue weighted by Gasteiger charge is -2.40. The van der Waals surface area contributed by atoms with E-state index in [1.807, 2.05) is 25.7 Å². The van der Waals surface area contributed by atoms with E-state index < -0.39 is 11.7 Å². The number of amides is 2. The van der Waals surface area contributed by atoms with Crippen LogP contribution >= 0.6 is 12.4 Å². The number of carbonyl (C=O) groups is 2. The maximum atomic E-state index is 12.2. The van der Waals surface area contributed by atoms with Crippen LogP contribution in [0.2, 0.25) is 0 Å². The molecule has 0 aliphatic carbocycles. The van der Waals surface area contributed by atoms with Gasteiger partial charge in [0.2, 0.25) is 5.91 Å². The fourth-order valence-corrected chi connectivity index (χ4v) is 2.65. The zero-order valence-electron chi connectivity index (χ0n) is 13.1. The Balaban J connectivity index is 0.00000220. The van der Waals surface area contributed by atoms with Crippen molar-refractivity contribution in [2.75, 3.05) is 32.7 Å². The summed E-state index contributed by atoms with van der Waals surface area (Å²) < 4.78 is 5.31. The maximum Gasteiger partial charge on any atom is 0.410 e. The molecule has 2 heterocycles. The molecule has 0 radical (unpaired) electrons. The van der Waals surface area contributed by atoms with Gasteiger partial charge in [-0.3, -0.25) is 9.69 Å². The van der Waals surface area contributed by atoms with E-state index in [0.717, 1.165) is 25.9 Å². The minimum Gasteiger partial charge on any atom is -0.444 e. The number of hydrogen-bond donors (Lipinski definition) is 1. The first-order valence-electron chi connectivity index (χ1n) is 7.35. The number of piperazine rings is 1. The first-order chi connectivity index (χ1) is 9.37. The molecule has 7 heteroatoms. The Morgan fingerprint density at radius 1 is 1.33 bits per heavy atom. The van der Waals surface area contributed by atoms with E-state index >= 15 is 0 Å². The molecule has 1 atom stereocenters. The first-order valence-corrected chi connectivity index (χ1v) is 7.35. The number of nitrogens with one attached hydrogen (secondary N) is 1. The molecule has 0 aromatic heterocycles. The van der Waals surface area contributed by atoms with Crippen LogP contribution in [0, 0.1) is 0 Å². The third kappa shape index (κ3) is 5.04. The van der Waals surface area contributed by atoms with Gasteiger partial charge in [-0.25, -0.2) is 4.79 Å². The number of hydrogen-bond acceptors (Lipinski definition) is 4. The Hall–Kier alpha value is -1.01. The van der Waals surface area contributed by atoms with Gasteiger partial charge in [0.05, 0.1) is 0 Å². The van der Waals surface area contributed by atoms with Gasteiger partial charge in [-0.05, 0) is 40.2 Å². The van der Waals surface area contributed by atoms with Crippen LogP contribution in [0.25, 0.3) is 0 Å². The van der Waals surface area contributed by atoms with Crippen molar-refractivity contribution in [2.45, 2.75) is 45.3 Å². The fourth-order valence-electron chi connectivity index (χ4n) is 2.65. The minimum atomic E-state index is -0.523. The third-order valence-corrected chi connectivity index (χ3v) is 3.62. The van der Waals surface area contributed by atoms with Crippen LogP contribution in [0.15, 0.2) is 0 Å². The minimum absolute atomic E-state index is 0. The quantitative estimate of drug-likeness (QED) is 0.790. The summed E-state index contributed by atoms with van der Waals surface area (Å²) >= 11 is 0. The molecule has 0 spiro atoms. The molecule has 2 aliphatic heterocycles. The number of piperidine rings is 1. The lowest BCUT2D eigenvalue weighted by molar-refractivity contribution is -0.138. The lowest BCUT2D eigenvalue weighted by Crippen LogP contribution is -2.58. The summed E-state index contributed by atoms with van der Waals surface area (Å²) in [6.45, 7) is 8.66. The van der Waals surface area contributed by atoms with Gasteiger partial charge in [0.25, 0.3) is 0 Å². The summed E-state index contributed by atoms with van der Waals surface area (Å²) in [5.41, 5.74) is -0.523. The van der Waals surface area contributed by atoms with Crippen molar-refractivity contribution < 1.29 is 14.3 Å². The summed E-state index contributed by atoms with van der Waals surface area (Å²) in [6, 6.07) is 0.275. The molecule has 0 saturated carbocycles. The average molecular weight is 320 g/mol. The van der Waals surface area contributed by atoms with Crippen LogP contribution in [0.3, 0.4) is 0 Å². The van der Waals surface area contributed by atoms with Gasteiger partial charge in [0.15, 0.2) is 0 Å². The number of rotatable bonds is 1. The maximum absolute atomic E-state index is 12.2. The largest absolute Gasteiger partial charge is 0.444 e. The average Bonchev–Trinajstić information content (AvgIpc) is 2.37. The van der Waals surface area contributed by atoms with E-state index in [2.05, 4.69) is 5.32 Å². The van der Waals surface area contributed by atoms with Crippen molar-refractivity contribution in [2.24, 2.45) is 0 Å². The van der Waals surface area contributed by atoms with Crippen LogP contribution in [-0.2, 0) is 9.53 Å². The molecule has 6 nitrogen and oxygen atoms in total. The smallest absolute Gasteiger partial charge is 0.410 e. The van der Waals surface area contributed by atoms with E-state index in [0.29, 0.717) is 13.1 Å². The standard InChI is InChI=1S/C14H25N3O3.ClH/c1-14(2,3)20-13(19)16-7-8-17(12(18)10-16)11-5-4-6-15-9-11;/h11,15H,4-10H2,1-3H3;1H. The van der Waals surface area contributed by atoms with Crippen molar-refractivity contribution in [1.82, 2.24) is 15.1 Å². The zero-order chi connectivity index (χ0) is 14.8. The van der Waals surface area contributed by atoms with Crippen molar-refractivity contribution in [3.8, 4) is 0 Å². The van der Waals surface area contributed by atoms with Crippen molar-refractivity contribution in [3.63, 3.8) is 0 Å². The van der Waals surface area contributed by atoms with Crippen molar-refractivity contribution in [3.05, 3.63) is 0 Å². The highest BCUT2D eigenvalue weighted by atomic mass is 35.5. The Morgan fingerprint density at radius 2 is 2.05 bits per heavy atom. The van der Waals surface area contributed by atoms with E-state index in [-0.39, 0.29) is 30.9 Å². The molecule has 2 amide bonds. The second-order valence-corrected chi connectivity index (χ2v) is 6.49. The van der Waals surface area contributed by atoms with Gasteiger partial charge in [-0.2, -0.15) is 0 Å². The molecular weight excluding hydrogens is 294 g/mol. The zero-order valence-corrected chi connectivity index (χ0v) is 13.9. The van der Waals surface area contributed by atoms with Crippen LogP contribution < -0.4 is 5.32 Å². The second-order valence-electron chi connectivity index (χ2n) is 6.49. The SMILES string of the molecule is CC(C)(C)OC(=O)N1CCN(C2CCCNC2)C(=O)C1.Cl. The molecule has 21 heavy (non-hydrogen) atoms. The highest BCUT2D eigenvalue weighted by Crippen LogP contribution is 2.16. The van der Waals surface area contributed by atoms with Gasteiger partial charge in [-0.15, -0.1) is 12.4 Å². The first kappa shape index (κ1) is 18.0. The Kier molecular flexibility index (Phi) is 6.28. The molecule has 1 unspecified atom stereocenters. The Bertz CT molecular complexity index is 378. The summed E-state index contributed by atoms with van der Waals surface area (Å²) in [6.07, 6.45) is 1.75. The molecule has 2 aliphatic rings. The fraction of sp³-hybridized carbons (Fsp3) is 0.857.